The van der Waals surface area contributed by atoms with E-state index in [9.17, 15) is 46.2 Å². The summed E-state index contributed by atoms with van der Waals surface area (Å²) in [4.78, 5) is 46.9. The van der Waals surface area contributed by atoms with Crippen molar-refractivity contribution in [3.63, 3.8) is 0 Å². The second kappa shape index (κ2) is 6.32. The number of imide groups is 2. The van der Waals surface area contributed by atoms with Gasteiger partial charge in [0.2, 0.25) is 11.8 Å². The summed E-state index contributed by atoms with van der Waals surface area (Å²) in [5.41, 5.74) is 0. The first-order valence-electron chi connectivity index (χ1n) is 6.68. The van der Waals surface area contributed by atoms with Crippen LogP contribution in [0.2, 0.25) is 0 Å². The highest BCUT2D eigenvalue weighted by molar-refractivity contribution is 7.87. The molecule has 0 aromatic carbocycles. The minimum atomic E-state index is -5.01. The number of nitrogens with zero attached hydrogens (tertiary/aromatic N) is 2. The van der Waals surface area contributed by atoms with E-state index in [1.165, 1.54) is 0 Å². The highest BCUT2D eigenvalue weighted by Crippen LogP contribution is 2.26. The Kier molecular flexibility index (Phi) is 4.94. The number of rotatable bonds is 5. The molecule has 2 aliphatic rings. The second-order valence-electron chi connectivity index (χ2n) is 5.45. The largest absolute Gasteiger partial charge is 0.369 e. The number of aliphatic hydroxyl groups is 2. The summed E-state index contributed by atoms with van der Waals surface area (Å²) >= 11 is 0. The maximum atomic E-state index is 11.9. The van der Waals surface area contributed by atoms with Crippen molar-refractivity contribution in [2.45, 2.75) is 35.8 Å². The van der Waals surface area contributed by atoms with Crippen LogP contribution in [0.25, 0.3) is 0 Å². The summed E-state index contributed by atoms with van der Waals surface area (Å²) in [5.74, 6) is -5.91. The van der Waals surface area contributed by atoms with Gasteiger partial charge in [0.1, 0.15) is 0 Å². The summed E-state index contributed by atoms with van der Waals surface area (Å²) in [6, 6.07) is 0. The molecule has 4 unspecified atom stereocenters. The lowest BCUT2D eigenvalue weighted by Gasteiger charge is -2.30. The van der Waals surface area contributed by atoms with E-state index in [1.54, 1.807) is 0 Å². The van der Waals surface area contributed by atoms with Crippen LogP contribution in [-0.2, 0) is 39.4 Å². The Labute approximate surface area is 145 Å². The van der Waals surface area contributed by atoms with Gasteiger partial charge < -0.3 is 10.2 Å². The van der Waals surface area contributed by atoms with E-state index in [0.717, 1.165) is 0 Å². The van der Waals surface area contributed by atoms with Gasteiger partial charge in [-0.05, 0) is 0 Å². The molecular formula is C10H12N2O12S2. The average molecular weight is 416 g/mol. The van der Waals surface area contributed by atoms with E-state index in [0.29, 0.717) is 0 Å². The lowest BCUT2D eigenvalue weighted by molar-refractivity contribution is -0.181. The molecule has 4 amide bonds. The molecule has 2 aliphatic heterocycles. The molecule has 0 aromatic heterocycles. The molecule has 0 spiro atoms. The summed E-state index contributed by atoms with van der Waals surface area (Å²) < 4.78 is 61.9. The fourth-order valence-electron chi connectivity index (χ4n) is 2.53. The van der Waals surface area contributed by atoms with Gasteiger partial charge in [-0.2, -0.15) is 16.8 Å². The number of hydrogen-bond acceptors (Lipinski definition) is 10. The maximum Gasteiger partial charge on any atom is 0.277 e. The van der Waals surface area contributed by atoms with E-state index in [1.807, 2.05) is 0 Å². The van der Waals surface area contributed by atoms with Crippen molar-refractivity contribution in [1.29, 1.82) is 0 Å². The lowest BCUT2D eigenvalue weighted by atomic mass is 10.3. The van der Waals surface area contributed by atoms with Gasteiger partial charge >= 0.3 is 0 Å². The third-order valence-electron chi connectivity index (χ3n) is 3.80. The average Bonchev–Trinajstić information content (AvgIpc) is 2.93. The van der Waals surface area contributed by atoms with Crippen molar-refractivity contribution < 1.29 is 55.3 Å². The van der Waals surface area contributed by atoms with E-state index < -0.39 is 79.7 Å². The minimum absolute atomic E-state index is 0.176. The molecule has 4 N–H and O–H groups in total. The van der Waals surface area contributed by atoms with Gasteiger partial charge in [-0.15, -0.1) is 0 Å². The van der Waals surface area contributed by atoms with Crippen LogP contribution in [0, 0.1) is 0 Å². The standard InChI is InChI=1S/C10H12N2O12S2/c13-5-1-3(25(19,20)21)7(15)11(5)9(17)10(18)12-6(14)2-4(8(12)16)26(22,23)24/h3-4,9-10,17-18H,1-2H2,(H,19,20,21)(H,22,23,24). The van der Waals surface area contributed by atoms with E-state index in [-0.39, 0.29) is 9.80 Å². The maximum absolute atomic E-state index is 11.9. The zero-order chi connectivity index (χ0) is 20.2. The monoisotopic (exact) mass is 416 g/mol. The number of likely N-dealkylation sites (tertiary alicyclic amines) is 2. The van der Waals surface area contributed by atoms with Crippen LogP contribution in [0.5, 0.6) is 0 Å². The highest BCUT2D eigenvalue weighted by Gasteiger charge is 2.54. The molecule has 0 bridgehead atoms. The topological polar surface area (TPSA) is 224 Å². The lowest BCUT2D eigenvalue weighted by Crippen LogP contribution is -2.56. The van der Waals surface area contributed by atoms with Crippen molar-refractivity contribution in [2.75, 3.05) is 0 Å². The molecule has 4 atom stereocenters. The fourth-order valence-corrected chi connectivity index (χ4v) is 3.98. The third-order valence-corrected chi connectivity index (χ3v) is 5.97. The van der Waals surface area contributed by atoms with E-state index in [4.69, 9.17) is 9.11 Å². The number of hydrogen-bond donors (Lipinski definition) is 4. The fraction of sp³-hybridized carbons (Fsp3) is 0.600. The number of amides is 4. The van der Waals surface area contributed by atoms with Crippen molar-refractivity contribution in [3.8, 4) is 0 Å². The van der Waals surface area contributed by atoms with Crippen molar-refractivity contribution in [3.05, 3.63) is 0 Å². The summed E-state index contributed by atoms with van der Waals surface area (Å²) in [6.45, 7) is 0. The van der Waals surface area contributed by atoms with Crippen LogP contribution in [0.3, 0.4) is 0 Å². The van der Waals surface area contributed by atoms with Crippen molar-refractivity contribution >= 4 is 43.9 Å². The molecule has 2 heterocycles. The Morgan fingerprint density at radius 1 is 0.731 bits per heavy atom. The van der Waals surface area contributed by atoms with Gasteiger partial charge in [0, 0.05) is 0 Å². The van der Waals surface area contributed by atoms with Gasteiger partial charge in [0.25, 0.3) is 32.1 Å². The summed E-state index contributed by atoms with van der Waals surface area (Å²) in [6.07, 6.45) is -7.38. The first kappa shape index (κ1) is 20.3. The molecule has 0 saturated carbocycles. The smallest absolute Gasteiger partial charge is 0.277 e. The minimum Gasteiger partial charge on any atom is -0.369 e. The second-order valence-corrected chi connectivity index (χ2v) is 8.64. The quantitative estimate of drug-likeness (QED) is 0.246. The third kappa shape index (κ3) is 3.33. The molecule has 14 nitrogen and oxygen atoms in total. The Bertz CT molecular complexity index is 819. The predicted molar refractivity (Wildman–Crippen MR) is 75.6 cm³/mol. The first-order valence-corrected chi connectivity index (χ1v) is 9.69. The van der Waals surface area contributed by atoms with E-state index >= 15 is 0 Å². The SMILES string of the molecule is O=C1CC(S(=O)(=O)O)C(=O)N1C(O)C(O)N1C(=O)CC(S(=O)(=O)O)C1=O. The molecule has 26 heavy (non-hydrogen) atoms. The van der Waals surface area contributed by atoms with Gasteiger partial charge in [-0.25, -0.2) is 9.80 Å². The van der Waals surface area contributed by atoms with Gasteiger partial charge in [-0.3, -0.25) is 28.3 Å². The number of carbonyl (C=O) groups is 4. The summed E-state index contributed by atoms with van der Waals surface area (Å²) in [5, 5.41) is 15.4. The van der Waals surface area contributed by atoms with Gasteiger partial charge in [0.15, 0.2) is 23.0 Å². The molecule has 2 rings (SSSR count). The molecule has 146 valence electrons. The zero-order valence-corrected chi connectivity index (χ0v) is 14.1. The van der Waals surface area contributed by atoms with Crippen LogP contribution in [0.1, 0.15) is 12.8 Å². The van der Waals surface area contributed by atoms with Crippen LogP contribution in [0.4, 0.5) is 0 Å². The van der Waals surface area contributed by atoms with Crippen LogP contribution >= 0.6 is 0 Å². The molecule has 0 aliphatic carbocycles. The number of aliphatic hydroxyl groups excluding tert-OH is 2. The molecule has 2 saturated heterocycles. The zero-order valence-electron chi connectivity index (χ0n) is 12.5. The normalized spacial score (nSPS) is 27.4. The van der Waals surface area contributed by atoms with E-state index in [2.05, 4.69) is 0 Å². The molecular weight excluding hydrogens is 404 g/mol. The predicted octanol–water partition coefficient (Wildman–Crippen LogP) is -4.35. The van der Waals surface area contributed by atoms with Gasteiger partial charge in [0.05, 0.1) is 12.8 Å². The Balaban J connectivity index is 2.29. The van der Waals surface area contributed by atoms with Crippen LogP contribution in [-0.4, -0.2) is 92.5 Å². The molecule has 0 aromatic rings. The Morgan fingerprint density at radius 3 is 1.19 bits per heavy atom. The van der Waals surface area contributed by atoms with Crippen molar-refractivity contribution in [1.82, 2.24) is 9.80 Å². The highest BCUT2D eigenvalue weighted by atomic mass is 32.2. The number of carbonyl (C=O) groups excluding carboxylic acids is 4. The summed E-state index contributed by atoms with van der Waals surface area (Å²) in [7, 11) is -10.0. The first-order chi connectivity index (χ1) is 11.7. The van der Waals surface area contributed by atoms with Crippen molar-refractivity contribution in [2.24, 2.45) is 0 Å². The van der Waals surface area contributed by atoms with Crippen LogP contribution in [0.15, 0.2) is 0 Å². The Morgan fingerprint density at radius 2 is 1.00 bits per heavy atom. The van der Waals surface area contributed by atoms with Gasteiger partial charge in [-0.1, -0.05) is 0 Å². The molecule has 0 radical (unpaired) electrons. The molecule has 2 fully saturated rings. The molecule has 16 heteroatoms. The Hall–Kier alpha value is -1.98. The van der Waals surface area contributed by atoms with Crippen LogP contribution < -0.4 is 0 Å².